The van der Waals surface area contributed by atoms with Crippen molar-refractivity contribution in [3.8, 4) is 11.8 Å². The SMILES string of the molecule is COc1ccc(C(=O)NCC[C@@H]2CN(C)CCO2)c(OC)n1. The molecule has 2 rings (SSSR count). The second-order valence-corrected chi connectivity index (χ2v) is 5.21. The molecular formula is C15H23N3O4. The zero-order valence-corrected chi connectivity index (χ0v) is 13.3. The fraction of sp³-hybridized carbons (Fsp3) is 0.600. The van der Waals surface area contributed by atoms with E-state index < -0.39 is 0 Å². The largest absolute Gasteiger partial charge is 0.481 e. The molecule has 0 radical (unpaired) electrons. The lowest BCUT2D eigenvalue weighted by Gasteiger charge is -2.30. The van der Waals surface area contributed by atoms with Crippen LogP contribution in [0.5, 0.6) is 11.8 Å². The number of carbonyl (C=O) groups excluding carboxylic acids is 1. The number of hydrogen-bond donors (Lipinski definition) is 1. The molecule has 0 aromatic carbocycles. The number of amides is 1. The quantitative estimate of drug-likeness (QED) is 0.827. The number of nitrogens with one attached hydrogen (secondary N) is 1. The third kappa shape index (κ3) is 4.32. The minimum atomic E-state index is -0.212. The zero-order valence-electron chi connectivity index (χ0n) is 13.3. The number of morpholine rings is 1. The van der Waals surface area contributed by atoms with E-state index in [9.17, 15) is 4.79 Å². The first-order valence-electron chi connectivity index (χ1n) is 7.31. The van der Waals surface area contributed by atoms with E-state index in [1.54, 1.807) is 12.1 Å². The van der Waals surface area contributed by atoms with E-state index in [0.717, 1.165) is 26.1 Å². The Kier molecular flexibility index (Phi) is 5.97. The van der Waals surface area contributed by atoms with Gasteiger partial charge in [0.1, 0.15) is 5.56 Å². The molecule has 0 bridgehead atoms. The van der Waals surface area contributed by atoms with Crippen molar-refractivity contribution in [1.29, 1.82) is 0 Å². The summed E-state index contributed by atoms with van der Waals surface area (Å²) >= 11 is 0. The van der Waals surface area contributed by atoms with Gasteiger partial charge in [-0.3, -0.25) is 4.79 Å². The molecule has 0 spiro atoms. The number of hydrogen-bond acceptors (Lipinski definition) is 6. The Hall–Kier alpha value is -1.86. The van der Waals surface area contributed by atoms with Crippen LogP contribution in [0, 0.1) is 0 Å². The molecule has 122 valence electrons. The number of methoxy groups -OCH3 is 2. The van der Waals surface area contributed by atoms with E-state index in [2.05, 4.69) is 22.2 Å². The van der Waals surface area contributed by atoms with Crippen LogP contribution in [0.4, 0.5) is 0 Å². The monoisotopic (exact) mass is 309 g/mol. The number of nitrogens with zero attached hydrogens (tertiary/aromatic N) is 2. The van der Waals surface area contributed by atoms with Gasteiger partial charge < -0.3 is 24.4 Å². The fourth-order valence-electron chi connectivity index (χ4n) is 2.35. The van der Waals surface area contributed by atoms with Gasteiger partial charge in [-0.1, -0.05) is 0 Å². The third-order valence-electron chi connectivity index (χ3n) is 3.58. The number of ether oxygens (including phenoxy) is 3. The lowest BCUT2D eigenvalue weighted by molar-refractivity contribution is -0.0226. The standard InChI is InChI=1S/C15H23N3O4/c1-18-8-9-22-11(10-18)6-7-16-14(19)12-4-5-13(20-2)17-15(12)21-3/h4-5,11H,6-10H2,1-3H3,(H,16,19)/t11-/m1/s1. The Bertz CT molecular complexity index is 510. The van der Waals surface area contributed by atoms with Gasteiger partial charge in [0, 0.05) is 25.7 Å². The van der Waals surface area contributed by atoms with Gasteiger partial charge in [-0.05, 0) is 19.5 Å². The van der Waals surface area contributed by atoms with Gasteiger partial charge in [0.05, 0.1) is 26.9 Å². The Labute approximate surface area is 130 Å². The van der Waals surface area contributed by atoms with E-state index >= 15 is 0 Å². The minimum absolute atomic E-state index is 0.162. The number of rotatable bonds is 6. The molecule has 7 heteroatoms. The lowest BCUT2D eigenvalue weighted by Crippen LogP contribution is -2.41. The van der Waals surface area contributed by atoms with E-state index in [1.165, 1.54) is 14.2 Å². The average Bonchev–Trinajstić information content (AvgIpc) is 2.54. The molecule has 1 amide bonds. The molecule has 1 aromatic heterocycles. The van der Waals surface area contributed by atoms with Gasteiger partial charge in [0.15, 0.2) is 0 Å². The number of likely N-dealkylation sites (N-methyl/N-ethyl adjacent to an activating group) is 1. The van der Waals surface area contributed by atoms with Crippen LogP contribution >= 0.6 is 0 Å². The second-order valence-electron chi connectivity index (χ2n) is 5.21. The summed E-state index contributed by atoms with van der Waals surface area (Å²) in [6, 6.07) is 3.28. The molecule has 0 saturated carbocycles. The van der Waals surface area contributed by atoms with Crippen molar-refractivity contribution < 1.29 is 19.0 Å². The molecule has 0 aliphatic carbocycles. The Balaban J connectivity index is 1.86. The van der Waals surface area contributed by atoms with Crippen LogP contribution in [-0.4, -0.2) is 69.4 Å². The Morgan fingerprint density at radius 1 is 1.45 bits per heavy atom. The predicted octanol–water partition coefficient (Wildman–Crippen LogP) is 0.549. The highest BCUT2D eigenvalue weighted by Gasteiger charge is 2.19. The van der Waals surface area contributed by atoms with Gasteiger partial charge in [-0.2, -0.15) is 4.98 Å². The maximum atomic E-state index is 12.2. The summed E-state index contributed by atoms with van der Waals surface area (Å²) < 4.78 is 15.8. The van der Waals surface area contributed by atoms with E-state index in [1.807, 2.05) is 0 Å². The molecule has 1 saturated heterocycles. The third-order valence-corrected chi connectivity index (χ3v) is 3.58. The number of carbonyl (C=O) groups is 1. The summed E-state index contributed by atoms with van der Waals surface area (Å²) in [5, 5.41) is 2.88. The van der Waals surface area contributed by atoms with Gasteiger partial charge in [0.25, 0.3) is 5.91 Å². The molecule has 1 aromatic rings. The van der Waals surface area contributed by atoms with Crippen molar-refractivity contribution >= 4 is 5.91 Å². The highest BCUT2D eigenvalue weighted by Crippen LogP contribution is 2.19. The molecule has 1 aliphatic rings. The van der Waals surface area contributed by atoms with Crippen molar-refractivity contribution in [1.82, 2.24) is 15.2 Å². The molecule has 1 aliphatic heterocycles. The second kappa shape index (κ2) is 7.95. The zero-order chi connectivity index (χ0) is 15.9. The van der Waals surface area contributed by atoms with Crippen LogP contribution in [0.15, 0.2) is 12.1 Å². The smallest absolute Gasteiger partial charge is 0.256 e. The first-order valence-corrected chi connectivity index (χ1v) is 7.31. The van der Waals surface area contributed by atoms with Gasteiger partial charge in [0.2, 0.25) is 11.8 Å². The molecule has 1 N–H and O–H groups in total. The van der Waals surface area contributed by atoms with Crippen molar-refractivity contribution in [2.45, 2.75) is 12.5 Å². The molecule has 7 nitrogen and oxygen atoms in total. The van der Waals surface area contributed by atoms with E-state index in [0.29, 0.717) is 18.0 Å². The normalized spacial score (nSPS) is 18.8. The summed E-state index contributed by atoms with van der Waals surface area (Å²) in [7, 11) is 5.06. The van der Waals surface area contributed by atoms with Crippen LogP contribution in [0.25, 0.3) is 0 Å². The van der Waals surface area contributed by atoms with E-state index in [4.69, 9.17) is 14.2 Å². The summed E-state index contributed by atoms with van der Waals surface area (Å²) in [6.07, 6.45) is 0.942. The van der Waals surface area contributed by atoms with Crippen molar-refractivity contribution in [3.63, 3.8) is 0 Å². The summed E-state index contributed by atoms with van der Waals surface area (Å²) in [4.78, 5) is 18.5. The maximum absolute atomic E-state index is 12.2. The Morgan fingerprint density at radius 3 is 2.95 bits per heavy atom. The van der Waals surface area contributed by atoms with Crippen LogP contribution in [0.1, 0.15) is 16.8 Å². The van der Waals surface area contributed by atoms with Gasteiger partial charge >= 0.3 is 0 Å². The molecular weight excluding hydrogens is 286 g/mol. The van der Waals surface area contributed by atoms with Crippen LogP contribution in [0.3, 0.4) is 0 Å². The lowest BCUT2D eigenvalue weighted by atomic mass is 10.2. The van der Waals surface area contributed by atoms with Crippen molar-refractivity contribution in [2.24, 2.45) is 0 Å². The van der Waals surface area contributed by atoms with Crippen LogP contribution < -0.4 is 14.8 Å². The minimum Gasteiger partial charge on any atom is -0.481 e. The molecule has 1 fully saturated rings. The maximum Gasteiger partial charge on any atom is 0.256 e. The molecule has 1 atom stereocenters. The summed E-state index contributed by atoms with van der Waals surface area (Å²) in [5.74, 6) is 0.453. The Morgan fingerprint density at radius 2 is 2.27 bits per heavy atom. The van der Waals surface area contributed by atoms with Gasteiger partial charge in [-0.15, -0.1) is 0 Å². The first kappa shape index (κ1) is 16.5. The van der Waals surface area contributed by atoms with Crippen LogP contribution in [-0.2, 0) is 4.74 Å². The number of pyridine rings is 1. The first-order chi connectivity index (χ1) is 10.6. The topological polar surface area (TPSA) is 72.9 Å². The molecule has 0 unspecified atom stereocenters. The predicted molar refractivity (Wildman–Crippen MR) is 81.5 cm³/mol. The summed E-state index contributed by atoms with van der Waals surface area (Å²) in [6.45, 7) is 3.14. The summed E-state index contributed by atoms with van der Waals surface area (Å²) in [5.41, 5.74) is 0.394. The fourth-order valence-corrected chi connectivity index (χ4v) is 2.35. The highest BCUT2D eigenvalue weighted by atomic mass is 16.5. The van der Waals surface area contributed by atoms with Crippen LogP contribution in [0.2, 0.25) is 0 Å². The van der Waals surface area contributed by atoms with E-state index in [-0.39, 0.29) is 17.9 Å². The van der Waals surface area contributed by atoms with Crippen molar-refractivity contribution in [2.75, 3.05) is 47.5 Å². The number of aromatic nitrogens is 1. The highest BCUT2D eigenvalue weighted by molar-refractivity contribution is 5.96. The molecule has 22 heavy (non-hydrogen) atoms. The van der Waals surface area contributed by atoms with Gasteiger partial charge in [-0.25, -0.2) is 0 Å². The van der Waals surface area contributed by atoms with Crippen molar-refractivity contribution in [3.05, 3.63) is 17.7 Å². The average molecular weight is 309 g/mol. The molecule has 2 heterocycles.